The number of urea groups is 1. The first kappa shape index (κ1) is 20.8. The minimum atomic E-state index is -0.308. The molecular formula is C24H27FN4O3. The minimum Gasteiger partial charge on any atom is -0.497 e. The fourth-order valence-corrected chi connectivity index (χ4v) is 4.71. The normalized spacial score (nSPS) is 18.1. The number of methoxy groups -OCH3 is 1. The van der Waals surface area contributed by atoms with E-state index in [0.717, 1.165) is 68.1 Å². The van der Waals surface area contributed by atoms with Gasteiger partial charge in [0.25, 0.3) is 0 Å². The van der Waals surface area contributed by atoms with Gasteiger partial charge in [-0.15, -0.1) is 0 Å². The molecule has 168 valence electrons. The van der Waals surface area contributed by atoms with E-state index < -0.39 is 0 Å². The summed E-state index contributed by atoms with van der Waals surface area (Å²) in [5.41, 5.74) is 2.35. The summed E-state index contributed by atoms with van der Waals surface area (Å²) >= 11 is 0. The molecule has 0 radical (unpaired) electrons. The van der Waals surface area contributed by atoms with E-state index in [4.69, 9.17) is 9.26 Å². The average Bonchev–Trinajstić information content (AvgIpc) is 3.41. The Labute approximate surface area is 186 Å². The Balaban J connectivity index is 1.13. The predicted molar refractivity (Wildman–Crippen MR) is 120 cm³/mol. The van der Waals surface area contributed by atoms with Gasteiger partial charge < -0.3 is 19.1 Å². The molecule has 5 rings (SSSR count). The maximum atomic E-state index is 13.4. The first-order chi connectivity index (χ1) is 15.6. The van der Waals surface area contributed by atoms with Crippen molar-refractivity contribution < 1.29 is 18.4 Å². The van der Waals surface area contributed by atoms with E-state index >= 15 is 0 Å². The summed E-state index contributed by atoms with van der Waals surface area (Å²) in [5.74, 6) is 0.792. The number of carbonyl (C=O) groups is 1. The number of carbonyl (C=O) groups excluding carboxylic acids is 1. The van der Waals surface area contributed by atoms with Crippen LogP contribution >= 0.6 is 0 Å². The number of halogens is 1. The molecule has 2 saturated heterocycles. The van der Waals surface area contributed by atoms with Crippen LogP contribution in [0.2, 0.25) is 0 Å². The Morgan fingerprint density at radius 3 is 2.59 bits per heavy atom. The Hall–Kier alpha value is -3.13. The lowest BCUT2D eigenvalue weighted by molar-refractivity contribution is 0.180. The third kappa shape index (κ3) is 4.02. The van der Waals surface area contributed by atoms with Crippen molar-refractivity contribution >= 4 is 22.7 Å². The molecule has 32 heavy (non-hydrogen) atoms. The quantitative estimate of drug-likeness (QED) is 0.580. The summed E-state index contributed by atoms with van der Waals surface area (Å²) in [7, 11) is 1.63. The van der Waals surface area contributed by atoms with E-state index in [-0.39, 0.29) is 11.8 Å². The molecule has 2 aliphatic heterocycles. The van der Waals surface area contributed by atoms with E-state index in [1.165, 1.54) is 12.1 Å². The molecule has 3 aromatic rings. The molecule has 0 N–H and O–H groups in total. The van der Waals surface area contributed by atoms with Crippen molar-refractivity contribution in [1.82, 2.24) is 15.0 Å². The van der Waals surface area contributed by atoms with Crippen LogP contribution in [0.15, 0.2) is 47.0 Å². The van der Waals surface area contributed by atoms with E-state index in [2.05, 4.69) is 10.1 Å². The molecule has 0 atom stereocenters. The number of hydrogen-bond acceptors (Lipinski definition) is 5. The molecule has 8 heteroatoms. The van der Waals surface area contributed by atoms with Gasteiger partial charge >= 0.3 is 6.03 Å². The van der Waals surface area contributed by atoms with Crippen LogP contribution in [-0.2, 0) is 0 Å². The number of amides is 2. The molecule has 2 aromatic carbocycles. The van der Waals surface area contributed by atoms with Gasteiger partial charge in [0, 0.05) is 49.2 Å². The van der Waals surface area contributed by atoms with Gasteiger partial charge in [-0.05, 0) is 62.3 Å². The van der Waals surface area contributed by atoms with E-state index in [0.29, 0.717) is 18.0 Å². The maximum absolute atomic E-state index is 13.4. The fourth-order valence-electron chi connectivity index (χ4n) is 4.71. The Bertz CT molecular complexity index is 1090. The standard InChI is InChI=1S/C24H27FN4O3/c1-31-20-5-3-19(4-6-20)29-15-14-28(24(29)30)13-12-27-10-8-17(9-11-27)23-21-7-2-18(25)16-22(21)32-26-23/h2-7,16-17H,8-15H2,1H3. The molecule has 7 nitrogen and oxygen atoms in total. The highest BCUT2D eigenvalue weighted by Gasteiger charge is 2.30. The summed E-state index contributed by atoms with van der Waals surface area (Å²) < 4.78 is 23.9. The monoisotopic (exact) mass is 438 g/mol. The summed E-state index contributed by atoms with van der Waals surface area (Å²) in [4.78, 5) is 19.0. The molecule has 0 saturated carbocycles. The van der Waals surface area contributed by atoms with Gasteiger partial charge in [-0.25, -0.2) is 9.18 Å². The Kier molecular flexibility index (Phi) is 5.70. The molecule has 2 amide bonds. The van der Waals surface area contributed by atoms with Crippen LogP contribution in [0.3, 0.4) is 0 Å². The molecule has 0 aliphatic carbocycles. The van der Waals surface area contributed by atoms with E-state index in [1.807, 2.05) is 34.1 Å². The largest absolute Gasteiger partial charge is 0.497 e. The fraction of sp³-hybridized carbons (Fsp3) is 0.417. The van der Waals surface area contributed by atoms with Crippen molar-refractivity contribution in [3.05, 3.63) is 54.0 Å². The molecular weight excluding hydrogens is 411 g/mol. The lowest BCUT2D eigenvalue weighted by atomic mass is 9.91. The minimum absolute atomic E-state index is 0.0614. The number of rotatable bonds is 6. The number of aromatic nitrogens is 1. The average molecular weight is 439 g/mol. The smallest absolute Gasteiger partial charge is 0.324 e. The maximum Gasteiger partial charge on any atom is 0.324 e. The van der Waals surface area contributed by atoms with Crippen LogP contribution in [0.1, 0.15) is 24.5 Å². The van der Waals surface area contributed by atoms with Gasteiger partial charge in [-0.1, -0.05) is 5.16 Å². The molecule has 2 fully saturated rings. The van der Waals surface area contributed by atoms with Crippen LogP contribution in [-0.4, -0.2) is 67.4 Å². The van der Waals surface area contributed by atoms with Crippen molar-refractivity contribution in [2.24, 2.45) is 0 Å². The first-order valence-corrected chi connectivity index (χ1v) is 11.1. The third-order valence-corrected chi connectivity index (χ3v) is 6.60. The van der Waals surface area contributed by atoms with Crippen molar-refractivity contribution in [1.29, 1.82) is 0 Å². The van der Waals surface area contributed by atoms with Crippen molar-refractivity contribution in [3.8, 4) is 5.75 Å². The highest BCUT2D eigenvalue weighted by atomic mass is 19.1. The number of nitrogens with zero attached hydrogens (tertiary/aromatic N) is 4. The highest BCUT2D eigenvalue weighted by Crippen LogP contribution is 2.32. The Morgan fingerprint density at radius 2 is 1.84 bits per heavy atom. The summed E-state index contributed by atoms with van der Waals surface area (Å²) in [6.45, 7) is 4.92. The molecule has 0 bridgehead atoms. The molecule has 0 spiro atoms. The predicted octanol–water partition coefficient (Wildman–Crippen LogP) is 4.10. The van der Waals surface area contributed by atoms with Gasteiger partial charge in [-0.2, -0.15) is 0 Å². The zero-order valence-corrected chi connectivity index (χ0v) is 18.2. The summed E-state index contributed by atoms with van der Waals surface area (Å²) in [6.07, 6.45) is 1.95. The number of likely N-dealkylation sites (tertiary alicyclic amines) is 1. The number of anilines is 1. The number of hydrogen-bond donors (Lipinski definition) is 0. The SMILES string of the molecule is COc1ccc(N2CCN(CCN3CCC(c4noc5cc(F)ccc45)CC3)C2=O)cc1. The zero-order chi connectivity index (χ0) is 22.1. The van der Waals surface area contributed by atoms with E-state index in [9.17, 15) is 9.18 Å². The zero-order valence-electron chi connectivity index (χ0n) is 18.2. The number of benzene rings is 2. The van der Waals surface area contributed by atoms with Gasteiger partial charge in [0.05, 0.1) is 12.8 Å². The molecule has 3 heterocycles. The van der Waals surface area contributed by atoms with Gasteiger partial charge in [0.2, 0.25) is 0 Å². The third-order valence-electron chi connectivity index (χ3n) is 6.60. The van der Waals surface area contributed by atoms with Crippen LogP contribution in [0, 0.1) is 5.82 Å². The lowest BCUT2D eigenvalue weighted by Crippen LogP contribution is -2.41. The number of piperidine rings is 1. The molecule has 0 unspecified atom stereocenters. The second-order valence-corrected chi connectivity index (χ2v) is 8.44. The molecule has 1 aromatic heterocycles. The van der Waals surface area contributed by atoms with Crippen LogP contribution in [0.25, 0.3) is 11.0 Å². The summed E-state index contributed by atoms with van der Waals surface area (Å²) in [6, 6.07) is 12.3. The van der Waals surface area contributed by atoms with Crippen LogP contribution < -0.4 is 9.64 Å². The summed E-state index contributed by atoms with van der Waals surface area (Å²) in [5, 5.41) is 5.13. The van der Waals surface area contributed by atoms with Crippen molar-refractivity contribution in [2.45, 2.75) is 18.8 Å². The first-order valence-electron chi connectivity index (χ1n) is 11.1. The van der Waals surface area contributed by atoms with E-state index in [1.54, 1.807) is 13.2 Å². The topological polar surface area (TPSA) is 62.1 Å². The number of fused-ring (bicyclic) bond motifs is 1. The van der Waals surface area contributed by atoms with Gasteiger partial charge in [0.1, 0.15) is 11.6 Å². The second-order valence-electron chi connectivity index (χ2n) is 8.44. The lowest BCUT2D eigenvalue weighted by Gasteiger charge is -2.32. The Morgan fingerprint density at radius 1 is 1.06 bits per heavy atom. The van der Waals surface area contributed by atoms with Crippen molar-refractivity contribution in [2.75, 3.05) is 51.3 Å². The van der Waals surface area contributed by atoms with Crippen molar-refractivity contribution in [3.63, 3.8) is 0 Å². The van der Waals surface area contributed by atoms with Gasteiger partial charge in [-0.3, -0.25) is 4.90 Å². The van der Waals surface area contributed by atoms with Gasteiger partial charge in [0.15, 0.2) is 5.58 Å². The number of ether oxygens (including phenoxy) is 1. The molecule has 2 aliphatic rings. The van der Waals surface area contributed by atoms with Crippen LogP contribution in [0.5, 0.6) is 5.75 Å². The van der Waals surface area contributed by atoms with Crippen LogP contribution in [0.4, 0.5) is 14.9 Å². The second kappa shape index (κ2) is 8.78. The highest BCUT2D eigenvalue weighted by molar-refractivity contribution is 5.94.